The number of rotatable bonds is 3. The highest BCUT2D eigenvalue weighted by atomic mass is 35.5. The minimum atomic E-state index is -0.0571. The summed E-state index contributed by atoms with van der Waals surface area (Å²) in [5, 5.41) is 18.3. The fourth-order valence-electron chi connectivity index (χ4n) is 2.23. The molecule has 18 heavy (non-hydrogen) atoms. The van der Waals surface area contributed by atoms with E-state index in [4.69, 9.17) is 11.6 Å². The number of aliphatic hydroxyl groups is 1. The first-order chi connectivity index (χ1) is 8.70. The predicted molar refractivity (Wildman–Crippen MR) is 69.0 cm³/mol. The van der Waals surface area contributed by atoms with E-state index in [2.05, 4.69) is 10.3 Å². The van der Waals surface area contributed by atoms with E-state index in [0.29, 0.717) is 16.6 Å². The Morgan fingerprint density at radius 1 is 1.44 bits per heavy atom. The molecule has 3 rings (SSSR count). The van der Waals surface area contributed by atoms with Gasteiger partial charge in [0, 0.05) is 10.9 Å². The summed E-state index contributed by atoms with van der Waals surface area (Å²) < 4.78 is 1.84. The van der Waals surface area contributed by atoms with Crippen LogP contribution in [0.1, 0.15) is 35.7 Å². The molecule has 2 aromatic rings. The minimum absolute atomic E-state index is 0.0571. The maximum absolute atomic E-state index is 9.33. The van der Waals surface area contributed by atoms with Crippen molar-refractivity contribution < 1.29 is 5.11 Å². The van der Waals surface area contributed by atoms with Crippen molar-refractivity contribution in [2.75, 3.05) is 0 Å². The lowest BCUT2D eigenvalue weighted by Crippen LogP contribution is -2.04. The second kappa shape index (κ2) is 4.37. The van der Waals surface area contributed by atoms with Gasteiger partial charge in [0.1, 0.15) is 5.69 Å². The number of hydrogen-bond donors (Lipinski definition) is 1. The second-order valence-electron chi connectivity index (χ2n) is 4.70. The zero-order chi connectivity index (χ0) is 12.7. The molecule has 1 aromatic heterocycles. The summed E-state index contributed by atoms with van der Waals surface area (Å²) in [5.74, 6) is 0.484. The Kier molecular flexibility index (Phi) is 2.84. The highest BCUT2D eigenvalue weighted by Crippen LogP contribution is 2.42. The van der Waals surface area contributed by atoms with Crippen molar-refractivity contribution in [1.82, 2.24) is 15.0 Å². The lowest BCUT2D eigenvalue weighted by Gasteiger charge is -2.09. The van der Waals surface area contributed by atoms with Crippen LogP contribution in [0, 0.1) is 6.92 Å². The highest BCUT2D eigenvalue weighted by Gasteiger charge is 2.31. The number of aliphatic hydroxyl groups excluding tert-OH is 1. The summed E-state index contributed by atoms with van der Waals surface area (Å²) in [5.41, 5.74) is 3.77. The molecule has 0 atom stereocenters. The fourth-order valence-corrected chi connectivity index (χ4v) is 2.46. The van der Waals surface area contributed by atoms with Gasteiger partial charge in [-0.15, -0.1) is 5.10 Å². The van der Waals surface area contributed by atoms with Gasteiger partial charge in [-0.05, 0) is 43.5 Å². The van der Waals surface area contributed by atoms with Crippen LogP contribution < -0.4 is 0 Å². The third-order valence-electron chi connectivity index (χ3n) is 3.28. The van der Waals surface area contributed by atoms with Gasteiger partial charge in [-0.25, -0.2) is 4.68 Å². The van der Waals surface area contributed by atoms with E-state index in [1.54, 1.807) is 0 Å². The van der Waals surface area contributed by atoms with E-state index in [9.17, 15) is 5.11 Å². The van der Waals surface area contributed by atoms with Crippen molar-refractivity contribution >= 4 is 11.6 Å². The van der Waals surface area contributed by atoms with E-state index in [-0.39, 0.29) is 6.61 Å². The molecule has 1 fully saturated rings. The van der Waals surface area contributed by atoms with Crippen LogP contribution in [0.4, 0.5) is 0 Å². The maximum atomic E-state index is 9.33. The Hall–Kier alpha value is -1.39. The lowest BCUT2D eigenvalue weighted by atomic mass is 10.1. The van der Waals surface area contributed by atoms with Crippen LogP contribution in [0.5, 0.6) is 0 Å². The van der Waals surface area contributed by atoms with Crippen molar-refractivity contribution in [3.05, 3.63) is 40.2 Å². The lowest BCUT2D eigenvalue weighted by molar-refractivity contribution is 0.275. The Bertz CT molecular complexity index is 590. The monoisotopic (exact) mass is 263 g/mol. The molecule has 4 nitrogen and oxygen atoms in total. The first kappa shape index (κ1) is 11.7. The smallest absolute Gasteiger partial charge is 0.112 e. The molecule has 0 unspecified atom stereocenters. The number of aryl methyl sites for hydroxylation is 1. The Balaban J connectivity index is 2.13. The summed E-state index contributed by atoms with van der Waals surface area (Å²) in [6, 6.07) is 5.70. The van der Waals surface area contributed by atoms with Gasteiger partial charge in [0.05, 0.1) is 18.0 Å². The zero-order valence-electron chi connectivity index (χ0n) is 10.1. The minimum Gasteiger partial charge on any atom is -0.390 e. The van der Waals surface area contributed by atoms with Gasteiger partial charge in [-0.2, -0.15) is 0 Å². The summed E-state index contributed by atoms with van der Waals surface area (Å²) >= 11 is 5.97. The van der Waals surface area contributed by atoms with Gasteiger partial charge < -0.3 is 5.11 Å². The molecule has 0 radical (unpaired) electrons. The van der Waals surface area contributed by atoms with Crippen LogP contribution >= 0.6 is 11.6 Å². The first-order valence-corrected chi connectivity index (χ1v) is 6.40. The van der Waals surface area contributed by atoms with E-state index in [0.717, 1.165) is 29.8 Å². The maximum Gasteiger partial charge on any atom is 0.112 e. The Labute approximate surface area is 110 Å². The average molecular weight is 264 g/mol. The molecule has 1 saturated carbocycles. The molecular formula is C13H14ClN3O. The zero-order valence-corrected chi connectivity index (χ0v) is 10.9. The summed E-state index contributed by atoms with van der Waals surface area (Å²) in [7, 11) is 0. The molecule has 0 aliphatic heterocycles. The van der Waals surface area contributed by atoms with Gasteiger partial charge in [0.15, 0.2) is 0 Å². The molecule has 1 aliphatic carbocycles. The molecule has 1 aromatic carbocycles. The molecule has 0 saturated heterocycles. The van der Waals surface area contributed by atoms with Gasteiger partial charge in [-0.1, -0.05) is 16.8 Å². The SMILES string of the molecule is Cc1cc(Cl)ccc1-n1nnc(CO)c1C1CC1. The third-order valence-corrected chi connectivity index (χ3v) is 3.51. The van der Waals surface area contributed by atoms with E-state index in [1.807, 2.05) is 29.8 Å². The van der Waals surface area contributed by atoms with E-state index in [1.165, 1.54) is 0 Å². The van der Waals surface area contributed by atoms with Crippen molar-refractivity contribution in [1.29, 1.82) is 0 Å². The molecule has 0 bridgehead atoms. The van der Waals surface area contributed by atoms with Crippen LogP contribution in [0.15, 0.2) is 18.2 Å². The van der Waals surface area contributed by atoms with Crippen molar-refractivity contribution in [2.24, 2.45) is 0 Å². The molecule has 0 spiro atoms. The fraction of sp³-hybridized carbons (Fsp3) is 0.385. The highest BCUT2D eigenvalue weighted by molar-refractivity contribution is 6.30. The third kappa shape index (κ3) is 1.91. The number of aromatic nitrogens is 3. The summed E-state index contributed by atoms with van der Waals surface area (Å²) in [6.45, 7) is 1.94. The van der Waals surface area contributed by atoms with Crippen LogP contribution in [0.3, 0.4) is 0 Å². The Morgan fingerprint density at radius 2 is 2.22 bits per heavy atom. The molecule has 94 valence electrons. The molecule has 1 heterocycles. The van der Waals surface area contributed by atoms with Crippen LogP contribution in [-0.4, -0.2) is 20.1 Å². The molecule has 1 N–H and O–H groups in total. The van der Waals surface area contributed by atoms with Gasteiger partial charge >= 0.3 is 0 Å². The van der Waals surface area contributed by atoms with Crippen LogP contribution in [-0.2, 0) is 6.61 Å². The van der Waals surface area contributed by atoms with E-state index >= 15 is 0 Å². The van der Waals surface area contributed by atoms with Gasteiger partial charge in [0.25, 0.3) is 0 Å². The molecule has 1 aliphatic rings. The average Bonchev–Trinajstić information content (AvgIpc) is 3.09. The number of halogens is 1. The molecular weight excluding hydrogens is 250 g/mol. The quantitative estimate of drug-likeness (QED) is 0.926. The topological polar surface area (TPSA) is 50.9 Å². The molecule has 5 heteroatoms. The Morgan fingerprint density at radius 3 is 2.83 bits per heavy atom. The van der Waals surface area contributed by atoms with Crippen LogP contribution in [0.25, 0.3) is 5.69 Å². The van der Waals surface area contributed by atoms with E-state index < -0.39 is 0 Å². The number of hydrogen-bond acceptors (Lipinski definition) is 3. The van der Waals surface area contributed by atoms with Crippen molar-refractivity contribution in [3.63, 3.8) is 0 Å². The molecule has 0 amide bonds. The largest absolute Gasteiger partial charge is 0.390 e. The van der Waals surface area contributed by atoms with Crippen LogP contribution in [0.2, 0.25) is 5.02 Å². The van der Waals surface area contributed by atoms with Gasteiger partial charge in [0.2, 0.25) is 0 Å². The van der Waals surface area contributed by atoms with Crippen molar-refractivity contribution in [2.45, 2.75) is 32.3 Å². The summed E-state index contributed by atoms with van der Waals surface area (Å²) in [6.07, 6.45) is 2.29. The number of nitrogens with zero attached hydrogens (tertiary/aromatic N) is 3. The van der Waals surface area contributed by atoms with Gasteiger partial charge in [-0.3, -0.25) is 0 Å². The first-order valence-electron chi connectivity index (χ1n) is 6.02. The second-order valence-corrected chi connectivity index (χ2v) is 5.13. The standard InChI is InChI=1S/C13H14ClN3O/c1-8-6-10(14)4-5-12(8)17-13(9-2-3-9)11(7-18)15-16-17/h4-6,9,18H,2-3,7H2,1H3. The predicted octanol–water partition coefficient (Wildman–Crippen LogP) is 2.60. The number of benzene rings is 1. The summed E-state index contributed by atoms with van der Waals surface area (Å²) in [4.78, 5) is 0. The van der Waals surface area contributed by atoms with Crippen molar-refractivity contribution in [3.8, 4) is 5.69 Å². The normalized spacial score (nSPS) is 15.1.